The number of para-hydroxylation sites is 1. The summed E-state index contributed by atoms with van der Waals surface area (Å²) >= 11 is 1.54. The number of hydrogen-bond donors (Lipinski definition) is 1. The van der Waals surface area contributed by atoms with Crippen LogP contribution in [-0.4, -0.2) is 39.4 Å². The normalized spacial score (nSPS) is 11.2. The lowest BCUT2D eigenvalue weighted by Gasteiger charge is -2.22. The third kappa shape index (κ3) is 6.79. The summed E-state index contributed by atoms with van der Waals surface area (Å²) < 4.78 is 52.0. The van der Waals surface area contributed by atoms with E-state index in [-0.39, 0.29) is 11.5 Å². The first-order valence-corrected chi connectivity index (χ1v) is 11.6. The molecule has 28 heavy (non-hydrogen) atoms. The van der Waals surface area contributed by atoms with E-state index in [1.807, 2.05) is 0 Å². The zero-order valence-corrected chi connectivity index (χ0v) is 17.0. The topological polar surface area (TPSA) is 66.5 Å². The van der Waals surface area contributed by atoms with Gasteiger partial charge in [-0.15, -0.1) is 0 Å². The summed E-state index contributed by atoms with van der Waals surface area (Å²) in [6, 6.07) is 12.0. The average molecular weight is 429 g/mol. The average Bonchev–Trinajstić information content (AvgIpc) is 2.64. The third-order valence-electron chi connectivity index (χ3n) is 3.81. The number of amides is 1. The fourth-order valence-corrected chi connectivity index (χ4v) is 4.22. The van der Waals surface area contributed by atoms with Crippen LogP contribution in [0.5, 0.6) is 0 Å². The van der Waals surface area contributed by atoms with Gasteiger partial charge in [0.1, 0.15) is 18.2 Å². The number of hydrogen-bond acceptors (Lipinski definition) is 4. The van der Waals surface area contributed by atoms with Gasteiger partial charge in [0.15, 0.2) is 0 Å². The second-order valence-corrected chi connectivity index (χ2v) is 9.08. The number of carbonyl (C=O) groups is 1. The molecule has 9 heteroatoms. The van der Waals surface area contributed by atoms with E-state index in [0.717, 1.165) is 16.6 Å². The van der Waals surface area contributed by atoms with Crippen LogP contribution in [0.25, 0.3) is 0 Å². The minimum atomic E-state index is -3.82. The van der Waals surface area contributed by atoms with Crippen molar-refractivity contribution in [3.63, 3.8) is 0 Å². The van der Waals surface area contributed by atoms with Crippen molar-refractivity contribution in [3.8, 4) is 0 Å². The van der Waals surface area contributed by atoms with E-state index in [1.165, 1.54) is 24.3 Å². The number of thioether (sulfide) groups is 1. The van der Waals surface area contributed by atoms with Gasteiger partial charge in [0.05, 0.1) is 11.9 Å². The lowest BCUT2D eigenvalue weighted by Crippen LogP contribution is -2.41. The summed E-state index contributed by atoms with van der Waals surface area (Å²) in [5.41, 5.74) is 0.464. The summed E-state index contributed by atoms with van der Waals surface area (Å²) in [5, 5.41) is 2.63. The Morgan fingerprint density at radius 2 is 1.71 bits per heavy atom. The Bertz CT molecular complexity index is 908. The van der Waals surface area contributed by atoms with Gasteiger partial charge in [-0.1, -0.05) is 30.3 Å². The maximum atomic E-state index is 13.9. The van der Waals surface area contributed by atoms with Gasteiger partial charge in [0, 0.05) is 12.3 Å². The number of nitrogens with zero attached hydrogens (tertiary/aromatic N) is 1. The molecule has 2 aromatic carbocycles. The van der Waals surface area contributed by atoms with Crippen LogP contribution in [-0.2, 0) is 20.6 Å². The molecule has 152 valence electrons. The quantitative estimate of drug-likeness (QED) is 0.591. The smallest absolute Gasteiger partial charge is 0.240 e. The number of anilines is 1. The molecule has 0 bridgehead atoms. The van der Waals surface area contributed by atoms with Crippen LogP contribution in [0, 0.1) is 11.6 Å². The molecule has 0 spiro atoms. The third-order valence-corrected chi connectivity index (χ3v) is 6.03. The Hall–Kier alpha value is -2.13. The van der Waals surface area contributed by atoms with Crippen LogP contribution in [0.2, 0.25) is 0 Å². The van der Waals surface area contributed by atoms with Gasteiger partial charge in [-0.05, 0) is 35.9 Å². The summed E-state index contributed by atoms with van der Waals surface area (Å²) in [6.07, 6.45) is 1.56. The molecule has 1 N–H and O–H groups in total. The maximum Gasteiger partial charge on any atom is 0.240 e. The molecular weight excluding hydrogens is 406 g/mol. The predicted octanol–water partition coefficient (Wildman–Crippen LogP) is 3.17. The molecule has 1 amide bonds. The summed E-state index contributed by atoms with van der Waals surface area (Å²) in [6.45, 7) is -0.153. The number of rotatable bonds is 10. The van der Waals surface area contributed by atoms with E-state index < -0.39 is 28.3 Å². The van der Waals surface area contributed by atoms with Crippen molar-refractivity contribution in [1.29, 1.82) is 0 Å². The Morgan fingerprint density at radius 1 is 1.07 bits per heavy atom. The van der Waals surface area contributed by atoms with Gasteiger partial charge in [0.2, 0.25) is 15.9 Å². The highest BCUT2D eigenvalue weighted by Gasteiger charge is 2.23. The molecule has 0 unspecified atom stereocenters. The van der Waals surface area contributed by atoms with Crippen molar-refractivity contribution in [2.75, 3.05) is 29.4 Å². The first-order valence-electron chi connectivity index (χ1n) is 8.59. The van der Waals surface area contributed by atoms with Crippen molar-refractivity contribution in [2.45, 2.75) is 12.2 Å². The molecule has 0 aromatic heterocycles. The second-order valence-electron chi connectivity index (χ2n) is 6.07. The number of halogens is 2. The van der Waals surface area contributed by atoms with E-state index in [0.29, 0.717) is 30.0 Å². The molecule has 0 fully saturated rings. The van der Waals surface area contributed by atoms with Crippen LogP contribution < -0.4 is 9.62 Å². The second kappa shape index (κ2) is 10.4. The van der Waals surface area contributed by atoms with Crippen molar-refractivity contribution < 1.29 is 22.0 Å². The van der Waals surface area contributed by atoms with Crippen molar-refractivity contribution in [1.82, 2.24) is 5.32 Å². The van der Waals surface area contributed by atoms with Crippen LogP contribution in [0.3, 0.4) is 0 Å². The molecule has 0 aliphatic carbocycles. The first-order chi connectivity index (χ1) is 13.3. The van der Waals surface area contributed by atoms with Crippen LogP contribution >= 0.6 is 11.8 Å². The highest BCUT2D eigenvalue weighted by atomic mass is 32.2. The largest absolute Gasteiger partial charge is 0.354 e. The Balaban J connectivity index is 1.77. The minimum absolute atomic E-state index is 0.166. The van der Waals surface area contributed by atoms with Crippen LogP contribution in [0.4, 0.5) is 14.5 Å². The zero-order valence-electron chi connectivity index (χ0n) is 15.4. The fraction of sp³-hybridized carbons (Fsp3) is 0.316. The molecule has 0 radical (unpaired) electrons. The van der Waals surface area contributed by atoms with Crippen molar-refractivity contribution >= 4 is 33.4 Å². The highest BCUT2D eigenvalue weighted by molar-refractivity contribution is 7.98. The monoisotopic (exact) mass is 428 g/mol. The SMILES string of the molecule is CS(=O)(=O)N(CC(=O)NCCCSCc1ccccc1F)c1ccccc1F. The number of carbonyl (C=O) groups excluding carboxylic acids is 1. The van der Waals surface area contributed by atoms with E-state index in [1.54, 1.807) is 30.0 Å². The van der Waals surface area contributed by atoms with Gasteiger partial charge < -0.3 is 5.32 Å². The Morgan fingerprint density at radius 3 is 2.36 bits per heavy atom. The van der Waals surface area contributed by atoms with Gasteiger partial charge >= 0.3 is 0 Å². The predicted molar refractivity (Wildman–Crippen MR) is 109 cm³/mol. The number of sulfonamides is 1. The molecule has 0 saturated heterocycles. The van der Waals surface area contributed by atoms with Crippen molar-refractivity contribution in [2.24, 2.45) is 0 Å². The Kier molecular flexibility index (Phi) is 8.25. The van der Waals surface area contributed by atoms with E-state index >= 15 is 0 Å². The van der Waals surface area contributed by atoms with Crippen molar-refractivity contribution in [3.05, 3.63) is 65.7 Å². The fourth-order valence-electron chi connectivity index (χ4n) is 2.42. The van der Waals surface area contributed by atoms with Crippen LogP contribution in [0.15, 0.2) is 48.5 Å². The van der Waals surface area contributed by atoms with E-state index in [2.05, 4.69) is 5.32 Å². The van der Waals surface area contributed by atoms with E-state index in [4.69, 9.17) is 0 Å². The summed E-state index contributed by atoms with van der Waals surface area (Å²) in [5.74, 6) is -0.233. The van der Waals surface area contributed by atoms with Gasteiger partial charge in [-0.3, -0.25) is 9.10 Å². The molecule has 5 nitrogen and oxygen atoms in total. The lowest BCUT2D eigenvalue weighted by atomic mass is 10.2. The number of nitrogens with one attached hydrogen (secondary N) is 1. The molecule has 2 aromatic rings. The molecular formula is C19H22F2N2O3S2. The highest BCUT2D eigenvalue weighted by Crippen LogP contribution is 2.21. The molecule has 2 rings (SSSR count). The molecule has 0 aliphatic rings. The molecule has 0 atom stereocenters. The maximum absolute atomic E-state index is 13.9. The Labute approximate surface area is 168 Å². The zero-order chi connectivity index (χ0) is 20.6. The van der Waals surface area contributed by atoms with Gasteiger partial charge in [-0.2, -0.15) is 11.8 Å². The minimum Gasteiger partial charge on any atom is -0.354 e. The molecule has 0 saturated carbocycles. The van der Waals surface area contributed by atoms with Gasteiger partial charge in [0.25, 0.3) is 0 Å². The number of benzene rings is 2. The van der Waals surface area contributed by atoms with Gasteiger partial charge in [-0.25, -0.2) is 17.2 Å². The van der Waals surface area contributed by atoms with E-state index in [9.17, 15) is 22.0 Å². The standard InChI is InChI=1S/C19H22F2N2O3S2/c1-28(25,26)23(18-10-5-4-9-17(18)21)13-19(24)22-11-6-12-27-14-15-7-2-3-8-16(15)20/h2-5,7-10H,6,11-14H2,1H3,(H,22,24). The molecule has 0 heterocycles. The lowest BCUT2D eigenvalue weighted by molar-refractivity contribution is -0.119. The summed E-state index contributed by atoms with van der Waals surface area (Å²) in [4.78, 5) is 12.1. The summed E-state index contributed by atoms with van der Waals surface area (Å²) in [7, 11) is -3.82. The molecule has 0 aliphatic heterocycles. The van der Waals surface area contributed by atoms with Crippen LogP contribution in [0.1, 0.15) is 12.0 Å². The first kappa shape index (κ1) is 22.2.